The molecule has 1 atom stereocenters. The van der Waals surface area contributed by atoms with Crippen molar-refractivity contribution in [3.05, 3.63) is 16.3 Å². The molecule has 4 nitrogen and oxygen atoms in total. The van der Waals surface area contributed by atoms with Crippen molar-refractivity contribution in [1.82, 2.24) is 9.97 Å². The van der Waals surface area contributed by atoms with Gasteiger partial charge in [-0.2, -0.15) is 0 Å². The molecule has 20 heavy (non-hydrogen) atoms. The molecule has 0 bridgehead atoms. The van der Waals surface area contributed by atoms with Crippen molar-refractivity contribution in [1.29, 1.82) is 0 Å². The van der Waals surface area contributed by atoms with Gasteiger partial charge in [-0.25, -0.2) is 9.97 Å². The first-order valence-electron chi connectivity index (χ1n) is 7.39. The Morgan fingerprint density at radius 2 is 2.10 bits per heavy atom. The molecule has 1 aliphatic carbocycles. The highest BCUT2D eigenvalue weighted by Gasteiger charge is 2.21. The van der Waals surface area contributed by atoms with Gasteiger partial charge in [-0.05, 0) is 44.6 Å². The molecular formula is C15H21N3OS. The SMILES string of the molecule is CCC(CO)Nc1nc(C)nc2sc3c(c12)CCCC3. The largest absolute Gasteiger partial charge is 0.394 e. The number of hydrogen-bond donors (Lipinski definition) is 2. The van der Waals surface area contributed by atoms with Gasteiger partial charge in [-0.1, -0.05) is 6.92 Å². The number of aliphatic hydroxyl groups excluding tert-OH is 1. The van der Waals surface area contributed by atoms with Gasteiger partial charge < -0.3 is 10.4 Å². The average molecular weight is 291 g/mol. The summed E-state index contributed by atoms with van der Waals surface area (Å²) in [6, 6.07) is 0.0617. The molecule has 0 radical (unpaired) electrons. The van der Waals surface area contributed by atoms with E-state index >= 15 is 0 Å². The molecule has 0 saturated heterocycles. The fourth-order valence-corrected chi connectivity index (χ4v) is 4.15. The van der Waals surface area contributed by atoms with Gasteiger partial charge in [0.25, 0.3) is 0 Å². The van der Waals surface area contributed by atoms with Crippen LogP contribution in [0.5, 0.6) is 0 Å². The number of nitrogens with zero attached hydrogens (tertiary/aromatic N) is 2. The molecule has 3 rings (SSSR count). The van der Waals surface area contributed by atoms with E-state index in [0.29, 0.717) is 0 Å². The Kier molecular flexibility index (Phi) is 3.89. The van der Waals surface area contributed by atoms with Crippen LogP contribution in [0, 0.1) is 6.92 Å². The topological polar surface area (TPSA) is 58.0 Å². The van der Waals surface area contributed by atoms with E-state index in [1.54, 1.807) is 0 Å². The summed E-state index contributed by atoms with van der Waals surface area (Å²) in [6.07, 6.45) is 5.72. The lowest BCUT2D eigenvalue weighted by molar-refractivity contribution is 0.271. The molecule has 0 spiro atoms. The maximum absolute atomic E-state index is 9.41. The fourth-order valence-electron chi connectivity index (χ4n) is 2.84. The Morgan fingerprint density at radius 1 is 1.30 bits per heavy atom. The quantitative estimate of drug-likeness (QED) is 0.909. The number of hydrogen-bond acceptors (Lipinski definition) is 5. The fraction of sp³-hybridized carbons (Fsp3) is 0.600. The third-order valence-electron chi connectivity index (χ3n) is 3.98. The predicted octanol–water partition coefficient (Wildman–Crippen LogP) is 3.06. The summed E-state index contributed by atoms with van der Waals surface area (Å²) < 4.78 is 0. The maximum atomic E-state index is 9.41. The van der Waals surface area contributed by atoms with E-state index in [4.69, 9.17) is 0 Å². The molecule has 1 aliphatic rings. The van der Waals surface area contributed by atoms with Crippen LogP contribution in [0.15, 0.2) is 0 Å². The molecular weight excluding hydrogens is 270 g/mol. The van der Waals surface area contributed by atoms with Crippen LogP contribution in [0.1, 0.15) is 42.5 Å². The number of anilines is 1. The van der Waals surface area contributed by atoms with E-state index in [-0.39, 0.29) is 12.6 Å². The molecule has 2 heterocycles. The molecule has 2 aromatic heterocycles. The van der Waals surface area contributed by atoms with Gasteiger partial charge in [-0.15, -0.1) is 11.3 Å². The van der Waals surface area contributed by atoms with E-state index in [2.05, 4.69) is 22.2 Å². The van der Waals surface area contributed by atoms with E-state index in [1.807, 2.05) is 18.3 Å². The first-order valence-corrected chi connectivity index (χ1v) is 8.20. The van der Waals surface area contributed by atoms with Crippen LogP contribution < -0.4 is 5.32 Å². The summed E-state index contributed by atoms with van der Waals surface area (Å²) >= 11 is 1.82. The average Bonchev–Trinajstić information content (AvgIpc) is 2.82. The third-order valence-corrected chi connectivity index (χ3v) is 5.17. The van der Waals surface area contributed by atoms with Crippen molar-refractivity contribution in [2.24, 2.45) is 0 Å². The highest BCUT2D eigenvalue weighted by Crippen LogP contribution is 2.38. The summed E-state index contributed by atoms with van der Waals surface area (Å²) in [5.41, 5.74) is 1.44. The van der Waals surface area contributed by atoms with E-state index in [9.17, 15) is 5.11 Å². The number of rotatable bonds is 4. The number of nitrogens with one attached hydrogen (secondary N) is 1. The molecule has 0 fully saturated rings. The summed E-state index contributed by atoms with van der Waals surface area (Å²) in [4.78, 5) is 11.8. The number of thiophene rings is 1. The molecule has 2 aromatic rings. The summed E-state index contributed by atoms with van der Waals surface area (Å²) in [6.45, 7) is 4.14. The van der Waals surface area contributed by atoms with Gasteiger partial charge in [0.05, 0.1) is 18.0 Å². The Labute approximate surface area is 123 Å². The maximum Gasteiger partial charge on any atom is 0.139 e. The number of aryl methyl sites for hydroxylation is 3. The first-order chi connectivity index (χ1) is 9.72. The zero-order valence-electron chi connectivity index (χ0n) is 12.1. The lowest BCUT2D eigenvalue weighted by Crippen LogP contribution is -2.23. The van der Waals surface area contributed by atoms with Crippen LogP contribution in [0.2, 0.25) is 0 Å². The van der Waals surface area contributed by atoms with Crippen molar-refractivity contribution >= 4 is 27.4 Å². The lowest BCUT2D eigenvalue weighted by Gasteiger charge is -2.17. The zero-order chi connectivity index (χ0) is 14.1. The smallest absolute Gasteiger partial charge is 0.139 e. The third kappa shape index (κ3) is 2.40. The van der Waals surface area contributed by atoms with Crippen LogP contribution in [-0.4, -0.2) is 27.7 Å². The number of aliphatic hydroxyl groups is 1. The Bertz CT molecular complexity index is 619. The summed E-state index contributed by atoms with van der Waals surface area (Å²) in [7, 11) is 0. The highest BCUT2D eigenvalue weighted by molar-refractivity contribution is 7.19. The van der Waals surface area contributed by atoms with Gasteiger partial charge in [0.15, 0.2) is 0 Å². The van der Waals surface area contributed by atoms with Crippen molar-refractivity contribution < 1.29 is 5.11 Å². The minimum Gasteiger partial charge on any atom is -0.394 e. The summed E-state index contributed by atoms with van der Waals surface area (Å²) in [5, 5.41) is 14.0. The number of aromatic nitrogens is 2. The molecule has 1 unspecified atom stereocenters. The van der Waals surface area contributed by atoms with Crippen LogP contribution in [0.4, 0.5) is 5.82 Å². The molecule has 5 heteroatoms. The zero-order valence-corrected chi connectivity index (χ0v) is 12.9. The monoisotopic (exact) mass is 291 g/mol. The van der Waals surface area contributed by atoms with Crippen molar-refractivity contribution in [2.45, 2.75) is 52.0 Å². The molecule has 108 valence electrons. The first kappa shape index (κ1) is 13.8. The van der Waals surface area contributed by atoms with E-state index < -0.39 is 0 Å². The second kappa shape index (κ2) is 5.66. The standard InChI is InChI=1S/C15H21N3OS/c1-3-10(8-19)18-14-13-11-6-4-5-7-12(11)20-15(13)17-9(2)16-14/h10,19H,3-8H2,1-2H3,(H,16,17,18). The van der Waals surface area contributed by atoms with E-state index in [1.165, 1.54) is 35.1 Å². The van der Waals surface area contributed by atoms with Crippen LogP contribution in [0.3, 0.4) is 0 Å². The second-order valence-corrected chi connectivity index (χ2v) is 6.53. The Morgan fingerprint density at radius 3 is 2.85 bits per heavy atom. The van der Waals surface area contributed by atoms with Gasteiger partial charge in [-0.3, -0.25) is 0 Å². The molecule has 2 N–H and O–H groups in total. The molecule has 0 saturated carbocycles. The predicted molar refractivity (Wildman–Crippen MR) is 83.6 cm³/mol. The van der Waals surface area contributed by atoms with Crippen LogP contribution in [-0.2, 0) is 12.8 Å². The minimum absolute atomic E-state index is 0.0617. The molecule has 0 aromatic carbocycles. The normalized spacial score (nSPS) is 16.1. The molecule has 0 aliphatic heterocycles. The Hall–Kier alpha value is -1.20. The van der Waals surface area contributed by atoms with Gasteiger partial charge in [0.1, 0.15) is 16.5 Å². The second-order valence-electron chi connectivity index (χ2n) is 5.44. The van der Waals surface area contributed by atoms with Gasteiger partial charge in [0, 0.05) is 4.88 Å². The summed E-state index contributed by atoms with van der Waals surface area (Å²) in [5.74, 6) is 1.71. The van der Waals surface area contributed by atoms with Gasteiger partial charge in [0.2, 0.25) is 0 Å². The van der Waals surface area contributed by atoms with Crippen molar-refractivity contribution in [2.75, 3.05) is 11.9 Å². The van der Waals surface area contributed by atoms with Crippen molar-refractivity contribution in [3.63, 3.8) is 0 Å². The van der Waals surface area contributed by atoms with Crippen LogP contribution >= 0.6 is 11.3 Å². The minimum atomic E-state index is 0.0617. The lowest BCUT2D eigenvalue weighted by atomic mass is 9.97. The number of fused-ring (bicyclic) bond motifs is 3. The molecule has 0 amide bonds. The van der Waals surface area contributed by atoms with Gasteiger partial charge >= 0.3 is 0 Å². The highest BCUT2D eigenvalue weighted by atomic mass is 32.1. The van der Waals surface area contributed by atoms with Crippen LogP contribution in [0.25, 0.3) is 10.2 Å². The van der Waals surface area contributed by atoms with Crippen molar-refractivity contribution in [3.8, 4) is 0 Å². The van der Waals surface area contributed by atoms with E-state index in [0.717, 1.165) is 29.3 Å². The Balaban J connectivity index is 2.11.